The van der Waals surface area contributed by atoms with E-state index >= 15 is 0 Å². The Morgan fingerprint density at radius 2 is 2.10 bits per heavy atom. The van der Waals surface area contributed by atoms with Crippen LogP contribution in [0.2, 0.25) is 0 Å². The number of nitrogens with one attached hydrogen (secondary N) is 1. The Morgan fingerprint density at radius 1 is 1.33 bits per heavy atom. The van der Waals surface area contributed by atoms with Gasteiger partial charge in [0.05, 0.1) is 11.3 Å². The molecule has 0 unspecified atom stereocenters. The number of fused-ring (bicyclic) bond motifs is 1. The molecule has 1 N–H and O–H groups in total. The third kappa shape index (κ3) is 2.39. The molecule has 2 aromatic rings. The van der Waals surface area contributed by atoms with Crippen LogP contribution in [0.15, 0.2) is 29.2 Å². The van der Waals surface area contributed by atoms with Crippen LogP contribution < -0.4 is 10.5 Å². The Morgan fingerprint density at radius 3 is 2.81 bits per heavy atom. The van der Waals surface area contributed by atoms with E-state index in [-0.39, 0.29) is 17.1 Å². The molecule has 4 nitrogen and oxygen atoms in total. The lowest BCUT2D eigenvalue weighted by atomic mass is 10.2. The molecular weight excluding hydrogens is 283 g/mol. The van der Waals surface area contributed by atoms with Gasteiger partial charge in [0.15, 0.2) is 0 Å². The number of halogens is 3. The molecule has 0 amide bonds. The van der Waals surface area contributed by atoms with Crippen LogP contribution in [0.5, 0.6) is 0 Å². The quantitative estimate of drug-likeness (QED) is 0.880. The lowest BCUT2D eigenvalue weighted by molar-refractivity contribution is -0.137. The number of aromatic amines is 1. The molecule has 0 radical (unpaired) electrons. The second-order valence-electron chi connectivity index (χ2n) is 4.93. The van der Waals surface area contributed by atoms with Gasteiger partial charge in [-0.3, -0.25) is 4.79 Å². The monoisotopic (exact) mass is 295 g/mol. The van der Waals surface area contributed by atoms with Gasteiger partial charge in [0.1, 0.15) is 5.82 Å². The number of hydrogen-bond donors (Lipinski definition) is 1. The standard InChI is InChI=1S/C14H12F3N3O/c1-8-6-9(14(15,16)17)7-12(19-8)20-5-3-10-11(20)2-4-18-13(10)21/h2,4,6-7H,3,5H2,1H3,(H,18,21). The number of hydrogen-bond acceptors (Lipinski definition) is 3. The van der Waals surface area contributed by atoms with Crippen LogP contribution in [0.25, 0.3) is 0 Å². The molecule has 3 heterocycles. The van der Waals surface area contributed by atoms with Crippen molar-refractivity contribution >= 4 is 11.5 Å². The predicted molar refractivity (Wildman–Crippen MR) is 71.7 cm³/mol. The second-order valence-corrected chi connectivity index (χ2v) is 4.93. The van der Waals surface area contributed by atoms with Crippen LogP contribution in [0.3, 0.4) is 0 Å². The smallest absolute Gasteiger partial charge is 0.329 e. The van der Waals surface area contributed by atoms with Crippen molar-refractivity contribution in [1.29, 1.82) is 0 Å². The summed E-state index contributed by atoms with van der Waals surface area (Å²) in [4.78, 5) is 20.1. The zero-order valence-corrected chi connectivity index (χ0v) is 11.2. The maximum atomic E-state index is 12.9. The van der Waals surface area contributed by atoms with Crippen molar-refractivity contribution in [3.63, 3.8) is 0 Å². The van der Waals surface area contributed by atoms with Crippen LogP contribution >= 0.6 is 0 Å². The second kappa shape index (κ2) is 4.61. The van der Waals surface area contributed by atoms with E-state index in [2.05, 4.69) is 9.97 Å². The third-order valence-corrected chi connectivity index (χ3v) is 3.46. The topological polar surface area (TPSA) is 49.0 Å². The van der Waals surface area contributed by atoms with Crippen molar-refractivity contribution < 1.29 is 13.2 Å². The van der Waals surface area contributed by atoms with Crippen molar-refractivity contribution in [2.24, 2.45) is 0 Å². The molecule has 0 saturated heterocycles. The van der Waals surface area contributed by atoms with Crippen LogP contribution in [-0.4, -0.2) is 16.5 Å². The number of aromatic nitrogens is 2. The number of alkyl halides is 3. The molecule has 1 aliphatic rings. The fourth-order valence-electron chi connectivity index (χ4n) is 2.53. The summed E-state index contributed by atoms with van der Waals surface area (Å²) in [6, 6.07) is 3.71. The van der Waals surface area contributed by atoms with Gasteiger partial charge in [-0.2, -0.15) is 13.2 Å². The van der Waals surface area contributed by atoms with E-state index in [1.165, 1.54) is 13.1 Å². The number of rotatable bonds is 1. The summed E-state index contributed by atoms with van der Waals surface area (Å²) in [6.45, 7) is 1.96. The molecule has 0 bridgehead atoms. The third-order valence-electron chi connectivity index (χ3n) is 3.46. The molecule has 1 aliphatic heterocycles. The highest BCUT2D eigenvalue weighted by molar-refractivity contribution is 5.67. The lowest BCUT2D eigenvalue weighted by Gasteiger charge is -2.20. The molecule has 0 aliphatic carbocycles. The minimum atomic E-state index is -4.42. The maximum absolute atomic E-state index is 12.9. The van der Waals surface area contributed by atoms with Gasteiger partial charge in [-0.1, -0.05) is 0 Å². The van der Waals surface area contributed by atoms with Crippen LogP contribution in [-0.2, 0) is 12.6 Å². The minimum Gasteiger partial charge on any atom is -0.329 e. The molecule has 0 atom stereocenters. The normalized spacial score (nSPS) is 14.4. The Labute approximate surface area is 118 Å². The van der Waals surface area contributed by atoms with E-state index in [1.807, 2.05) is 0 Å². The summed E-state index contributed by atoms with van der Waals surface area (Å²) in [7, 11) is 0. The number of pyridine rings is 2. The molecule has 7 heteroatoms. The Bertz CT molecular complexity index is 752. The Kier molecular flexibility index (Phi) is 3.00. The van der Waals surface area contributed by atoms with Gasteiger partial charge in [0, 0.05) is 24.0 Å². The molecule has 0 aromatic carbocycles. The maximum Gasteiger partial charge on any atom is 0.416 e. The summed E-state index contributed by atoms with van der Waals surface area (Å²) in [5.41, 5.74) is 0.541. The average molecular weight is 295 g/mol. The first kappa shape index (κ1) is 13.7. The van der Waals surface area contributed by atoms with Gasteiger partial charge in [0.2, 0.25) is 0 Å². The van der Waals surface area contributed by atoms with E-state index in [1.54, 1.807) is 11.0 Å². The molecular formula is C14H12F3N3O. The fraction of sp³-hybridized carbons (Fsp3) is 0.286. The Balaban J connectivity index is 2.10. The SMILES string of the molecule is Cc1cc(C(F)(F)F)cc(N2CCc3c2cc[nH]c3=O)n1. The highest BCUT2D eigenvalue weighted by Gasteiger charge is 2.33. The highest BCUT2D eigenvalue weighted by atomic mass is 19.4. The lowest BCUT2D eigenvalue weighted by Crippen LogP contribution is -2.17. The van der Waals surface area contributed by atoms with Crippen molar-refractivity contribution in [3.05, 3.63) is 51.6 Å². The van der Waals surface area contributed by atoms with Crippen LogP contribution in [0.4, 0.5) is 24.7 Å². The van der Waals surface area contributed by atoms with Gasteiger partial charge >= 0.3 is 6.18 Å². The van der Waals surface area contributed by atoms with E-state index < -0.39 is 11.7 Å². The molecule has 21 heavy (non-hydrogen) atoms. The van der Waals surface area contributed by atoms with Crippen molar-refractivity contribution in [1.82, 2.24) is 9.97 Å². The van der Waals surface area contributed by atoms with Crippen molar-refractivity contribution in [2.75, 3.05) is 11.4 Å². The molecule has 0 spiro atoms. The zero-order valence-electron chi connectivity index (χ0n) is 11.2. The average Bonchev–Trinajstić information content (AvgIpc) is 2.82. The summed E-state index contributed by atoms with van der Waals surface area (Å²) in [5, 5.41) is 0. The minimum absolute atomic E-state index is 0.210. The number of nitrogens with zero attached hydrogens (tertiary/aromatic N) is 2. The van der Waals surface area contributed by atoms with Gasteiger partial charge in [-0.25, -0.2) is 4.98 Å². The van der Waals surface area contributed by atoms with E-state index in [0.29, 0.717) is 24.2 Å². The van der Waals surface area contributed by atoms with Crippen LogP contribution in [0.1, 0.15) is 16.8 Å². The van der Waals surface area contributed by atoms with Crippen LogP contribution in [0, 0.1) is 6.92 Å². The van der Waals surface area contributed by atoms with Gasteiger partial charge in [0.25, 0.3) is 5.56 Å². The zero-order chi connectivity index (χ0) is 15.2. The summed E-state index contributed by atoms with van der Waals surface area (Å²) >= 11 is 0. The predicted octanol–water partition coefficient (Wildman–Crippen LogP) is 2.79. The van der Waals surface area contributed by atoms with Crippen molar-refractivity contribution in [3.8, 4) is 0 Å². The molecule has 110 valence electrons. The largest absolute Gasteiger partial charge is 0.416 e. The van der Waals surface area contributed by atoms with Gasteiger partial charge < -0.3 is 9.88 Å². The summed E-state index contributed by atoms with van der Waals surface area (Å²) < 4.78 is 38.7. The molecule has 0 saturated carbocycles. The van der Waals surface area contributed by atoms with E-state index in [9.17, 15) is 18.0 Å². The van der Waals surface area contributed by atoms with E-state index in [4.69, 9.17) is 0 Å². The first-order chi connectivity index (χ1) is 9.86. The highest BCUT2D eigenvalue weighted by Crippen LogP contribution is 2.35. The first-order valence-electron chi connectivity index (χ1n) is 6.40. The molecule has 3 rings (SSSR count). The fourth-order valence-corrected chi connectivity index (χ4v) is 2.53. The van der Waals surface area contributed by atoms with Gasteiger partial charge in [-0.15, -0.1) is 0 Å². The van der Waals surface area contributed by atoms with Gasteiger partial charge in [-0.05, 0) is 31.5 Å². The van der Waals surface area contributed by atoms with Crippen molar-refractivity contribution in [2.45, 2.75) is 19.5 Å². The summed E-state index contributed by atoms with van der Waals surface area (Å²) in [5.74, 6) is 0.215. The summed E-state index contributed by atoms with van der Waals surface area (Å²) in [6.07, 6.45) is -2.44. The molecule has 2 aromatic heterocycles. The first-order valence-corrected chi connectivity index (χ1v) is 6.40. The number of H-pyrrole nitrogens is 1. The van der Waals surface area contributed by atoms with E-state index in [0.717, 1.165) is 12.1 Å². The number of aryl methyl sites for hydroxylation is 1. The molecule has 0 fully saturated rings. The Hall–Kier alpha value is -2.31. The number of anilines is 2.